The summed E-state index contributed by atoms with van der Waals surface area (Å²) >= 11 is 5.69. The van der Waals surface area contributed by atoms with Crippen LogP contribution in [-0.4, -0.2) is 24.7 Å². The van der Waals surface area contributed by atoms with Crippen LogP contribution in [0.1, 0.15) is 38.5 Å². The molecule has 1 aliphatic carbocycles. The molecular formula is C10H18ClO4P. The van der Waals surface area contributed by atoms with Crippen molar-refractivity contribution in [2.45, 2.75) is 50.7 Å². The molecule has 0 unspecified atom stereocenters. The van der Waals surface area contributed by atoms with Crippen LogP contribution in [0, 0.1) is 0 Å². The van der Waals surface area contributed by atoms with E-state index in [9.17, 15) is 4.57 Å². The zero-order valence-electron chi connectivity index (χ0n) is 9.27. The third kappa shape index (κ3) is 3.44. The van der Waals surface area contributed by atoms with Gasteiger partial charge in [-0.3, -0.25) is 13.6 Å². The Balaban J connectivity index is 1.88. The van der Waals surface area contributed by atoms with E-state index in [1.165, 1.54) is 6.42 Å². The maximum absolute atomic E-state index is 12.1. The molecule has 6 heteroatoms. The molecule has 16 heavy (non-hydrogen) atoms. The van der Waals surface area contributed by atoms with Gasteiger partial charge < -0.3 is 0 Å². The summed E-state index contributed by atoms with van der Waals surface area (Å²) in [6.45, 7) is 0.404. The first-order chi connectivity index (χ1) is 7.72. The van der Waals surface area contributed by atoms with Crippen molar-refractivity contribution in [2.75, 3.05) is 12.5 Å². The zero-order chi connectivity index (χ0) is 11.4. The topological polar surface area (TPSA) is 44.8 Å². The summed E-state index contributed by atoms with van der Waals surface area (Å²) in [7, 11) is -3.34. The van der Waals surface area contributed by atoms with Gasteiger partial charge in [-0.25, -0.2) is 4.57 Å². The lowest BCUT2D eigenvalue weighted by Gasteiger charge is -2.31. The molecule has 4 nitrogen and oxygen atoms in total. The number of phosphoric acid groups is 1. The van der Waals surface area contributed by atoms with E-state index >= 15 is 0 Å². The van der Waals surface area contributed by atoms with E-state index in [0.29, 0.717) is 18.9 Å². The molecule has 2 rings (SSSR count). The lowest BCUT2D eigenvalue weighted by molar-refractivity contribution is 0.0113. The van der Waals surface area contributed by atoms with Crippen molar-refractivity contribution in [2.24, 2.45) is 0 Å². The number of rotatable bonds is 3. The second kappa shape index (κ2) is 5.83. The van der Waals surface area contributed by atoms with Gasteiger partial charge in [-0.05, 0) is 19.3 Å². The summed E-state index contributed by atoms with van der Waals surface area (Å²) in [5, 5.41) is 0. The first kappa shape index (κ1) is 12.8. The highest BCUT2D eigenvalue weighted by atomic mass is 35.5. The predicted molar refractivity (Wildman–Crippen MR) is 61.7 cm³/mol. The first-order valence-electron chi connectivity index (χ1n) is 5.89. The Morgan fingerprint density at radius 3 is 2.69 bits per heavy atom. The van der Waals surface area contributed by atoms with Crippen LogP contribution in [0.4, 0.5) is 0 Å². The van der Waals surface area contributed by atoms with Crippen LogP contribution in [0.2, 0.25) is 0 Å². The maximum atomic E-state index is 12.1. The highest BCUT2D eigenvalue weighted by molar-refractivity contribution is 7.48. The molecule has 0 bridgehead atoms. The van der Waals surface area contributed by atoms with Gasteiger partial charge in [0.05, 0.1) is 18.8 Å². The molecule has 2 fully saturated rings. The van der Waals surface area contributed by atoms with E-state index in [0.717, 1.165) is 25.7 Å². The fraction of sp³-hybridized carbons (Fsp3) is 1.00. The minimum Gasteiger partial charge on any atom is -0.287 e. The third-order valence-electron chi connectivity index (χ3n) is 2.97. The predicted octanol–water partition coefficient (Wildman–Crippen LogP) is 3.49. The minimum atomic E-state index is -3.34. The zero-order valence-corrected chi connectivity index (χ0v) is 10.9. The smallest absolute Gasteiger partial charge is 0.287 e. The molecule has 0 spiro atoms. The van der Waals surface area contributed by atoms with Gasteiger partial charge in [0, 0.05) is 5.88 Å². The molecule has 0 N–H and O–H groups in total. The van der Waals surface area contributed by atoms with Crippen LogP contribution in [0.3, 0.4) is 0 Å². The summed E-state index contributed by atoms with van der Waals surface area (Å²) in [5.41, 5.74) is 0. The van der Waals surface area contributed by atoms with Gasteiger partial charge in [0.15, 0.2) is 0 Å². The number of halogens is 1. The van der Waals surface area contributed by atoms with E-state index < -0.39 is 7.82 Å². The van der Waals surface area contributed by atoms with Crippen LogP contribution >= 0.6 is 19.4 Å². The van der Waals surface area contributed by atoms with Crippen molar-refractivity contribution >= 4 is 19.4 Å². The molecule has 0 aromatic heterocycles. The highest BCUT2D eigenvalue weighted by Crippen LogP contribution is 2.55. The Hall–Kier alpha value is 0.400. The van der Waals surface area contributed by atoms with Gasteiger partial charge in [-0.2, -0.15) is 0 Å². The summed E-state index contributed by atoms with van der Waals surface area (Å²) in [6.07, 6.45) is 5.88. The Bertz CT molecular complexity index is 268. The molecule has 1 heterocycles. The Morgan fingerprint density at radius 2 is 2.00 bits per heavy atom. The molecule has 94 valence electrons. The number of hydrogen-bond donors (Lipinski definition) is 0. The fourth-order valence-electron chi connectivity index (χ4n) is 2.08. The van der Waals surface area contributed by atoms with Gasteiger partial charge in [0.2, 0.25) is 0 Å². The Labute approximate surface area is 101 Å². The summed E-state index contributed by atoms with van der Waals surface area (Å²) in [4.78, 5) is 0. The lowest BCUT2D eigenvalue weighted by Crippen LogP contribution is -2.25. The molecule has 0 aromatic carbocycles. The average Bonchev–Trinajstić information content (AvgIpc) is 2.29. The summed E-state index contributed by atoms with van der Waals surface area (Å²) in [6, 6.07) is 0. The number of phosphoric ester groups is 1. The monoisotopic (exact) mass is 268 g/mol. The van der Waals surface area contributed by atoms with Crippen LogP contribution in [0.5, 0.6) is 0 Å². The second-order valence-corrected chi connectivity index (χ2v) is 6.20. The summed E-state index contributed by atoms with van der Waals surface area (Å²) < 4.78 is 28.1. The Morgan fingerprint density at radius 1 is 1.25 bits per heavy atom. The van der Waals surface area contributed by atoms with Gasteiger partial charge >= 0.3 is 7.82 Å². The van der Waals surface area contributed by atoms with Gasteiger partial charge in [0.25, 0.3) is 0 Å². The molecule has 2 aliphatic rings. The lowest BCUT2D eigenvalue weighted by atomic mass is 9.98. The quantitative estimate of drug-likeness (QED) is 0.581. The largest absolute Gasteiger partial charge is 0.475 e. The average molecular weight is 269 g/mol. The normalized spacial score (nSPS) is 37.4. The van der Waals surface area contributed by atoms with Crippen LogP contribution in [0.15, 0.2) is 0 Å². The summed E-state index contributed by atoms with van der Waals surface area (Å²) in [5.74, 6) is 0.335. The number of hydrogen-bond acceptors (Lipinski definition) is 4. The molecule has 1 aliphatic heterocycles. The van der Waals surface area contributed by atoms with E-state index in [4.69, 9.17) is 25.2 Å². The SMILES string of the molecule is O=[P@@]1(OC2CCCCC2)OCC[C@@H](CCl)O1. The third-order valence-corrected chi connectivity index (χ3v) is 4.93. The molecule has 0 radical (unpaired) electrons. The van der Waals surface area contributed by atoms with Crippen molar-refractivity contribution in [3.8, 4) is 0 Å². The van der Waals surface area contributed by atoms with Gasteiger partial charge in [-0.1, -0.05) is 19.3 Å². The van der Waals surface area contributed by atoms with Gasteiger partial charge in [0.1, 0.15) is 0 Å². The molecule has 2 atom stereocenters. The maximum Gasteiger partial charge on any atom is 0.475 e. The van der Waals surface area contributed by atoms with Crippen LogP contribution in [0.25, 0.3) is 0 Å². The molecule has 1 saturated heterocycles. The van der Waals surface area contributed by atoms with E-state index in [2.05, 4.69) is 0 Å². The fourth-order valence-corrected chi connectivity index (χ4v) is 4.00. The molecule has 1 saturated carbocycles. The van der Waals surface area contributed by atoms with Crippen molar-refractivity contribution in [3.63, 3.8) is 0 Å². The van der Waals surface area contributed by atoms with E-state index in [-0.39, 0.29) is 12.2 Å². The van der Waals surface area contributed by atoms with Crippen molar-refractivity contribution in [3.05, 3.63) is 0 Å². The highest BCUT2D eigenvalue weighted by Gasteiger charge is 2.37. The van der Waals surface area contributed by atoms with Crippen molar-refractivity contribution < 1.29 is 18.1 Å². The van der Waals surface area contributed by atoms with Crippen LogP contribution in [-0.2, 0) is 18.1 Å². The van der Waals surface area contributed by atoms with Gasteiger partial charge in [-0.15, -0.1) is 11.6 Å². The van der Waals surface area contributed by atoms with E-state index in [1.807, 2.05) is 0 Å². The first-order valence-corrected chi connectivity index (χ1v) is 7.89. The molecular weight excluding hydrogens is 251 g/mol. The molecule has 0 amide bonds. The standard InChI is InChI=1S/C10H18ClO4P/c11-8-10-6-7-13-16(12,15-10)14-9-4-2-1-3-5-9/h9-10H,1-8H2/t10-,16-/m0/s1. The Kier molecular flexibility index (Phi) is 4.68. The number of alkyl halides is 1. The van der Waals surface area contributed by atoms with Crippen molar-refractivity contribution in [1.82, 2.24) is 0 Å². The van der Waals surface area contributed by atoms with E-state index in [1.54, 1.807) is 0 Å². The van der Waals surface area contributed by atoms with Crippen LogP contribution < -0.4 is 0 Å². The minimum absolute atomic E-state index is 0.0219. The van der Waals surface area contributed by atoms with Crippen molar-refractivity contribution in [1.29, 1.82) is 0 Å². The molecule has 0 aromatic rings. The second-order valence-electron chi connectivity index (χ2n) is 4.32.